The first-order valence-electron chi connectivity index (χ1n) is 26.6. The highest BCUT2D eigenvalue weighted by Gasteiger charge is 2.24. The third-order valence-corrected chi connectivity index (χ3v) is 11.9. The van der Waals surface area contributed by atoms with Crippen LogP contribution in [-0.2, 0) is 14.3 Å². The quantitative estimate of drug-likeness (QED) is 0.0245. The molecule has 3 N–H and O–H groups in total. The van der Waals surface area contributed by atoms with Crippen LogP contribution in [0.3, 0.4) is 0 Å². The van der Waals surface area contributed by atoms with Gasteiger partial charge in [-0.2, -0.15) is 0 Å². The van der Waals surface area contributed by atoms with Gasteiger partial charge in [-0.15, -0.1) is 0 Å². The average Bonchev–Trinajstić information content (AvgIpc) is 3.26. The molecule has 0 radical (unpaired) electrons. The van der Waals surface area contributed by atoms with E-state index in [4.69, 9.17) is 4.74 Å². The summed E-state index contributed by atoms with van der Waals surface area (Å²) in [5, 5.41) is 23.8. The molecule has 0 aromatic heterocycles. The van der Waals surface area contributed by atoms with Crippen LogP contribution in [0.25, 0.3) is 0 Å². The highest BCUT2D eigenvalue weighted by Crippen LogP contribution is 2.18. The molecule has 0 aromatic rings. The summed E-state index contributed by atoms with van der Waals surface area (Å²) in [6, 6.07) is -0.714. The molecule has 0 heterocycles. The van der Waals surface area contributed by atoms with Crippen LogP contribution in [0.4, 0.5) is 0 Å². The number of carbonyl (C=O) groups is 2. The lowest BCUT2D eigenvalue weighted by Crippen LogP contribution is -2.46. The van der Waals surface area contributed by atoms with E-state index in [1.54, 1.807) is 0 Å². The van der Waals surface area contributed by atoms with E-state index >= 15 is 0 Å². The van der Waals surface area contributed by atoms with Gasteiger partial charge in [-0.25, -0.2) is 0 Å². The van der Waals surface area contributed by atoms with Gasteiger partial charge in [0.05, 0.1) is 25.2 Å². The zero-order valence-electron chi connectivity index (χ0n) is 41.0. The number of allylic oxidation sites excluding steroid dienone is 10. The van der Waals surface area contributed by atoms with Crippen molar-refractivity contribution < 1.29 is 24.5 Å². The van der Waals surface area contributed by atoms with Gasteiger partial charge in [0.15, 0.2) is 0 Å². The third kappa shape index (κ3) is 44.2. The van der Waals surface area contributed by atoms with Crippen LogP contribution < -0.4 is 5.32 Å². The van der Waals surface area contributed by atoms with E-state index in [2.05, 4.69) is 62.5 Å². The van der Waals surface area contributed by atoms with E-state index in [0.717, 1.165) is 77.0 Å². The van der Waals surface area contributed by atoms with Crippen molar-refractivity contribution in [1.29, 1.82) is 0 Å². The fourth-order valence-electron chi connectivity index (χ4n) is 7.91. The Morgan fingerprint density at radius 3 is 1.39 bits per heavy atom. The molecule has 0 aliphatic heterocycles. The number of carbonyl (C=O) groups excluding carboxylic acids is 2. The van der Waals surface area contributed by atoms with Crippen molar-refractivity contribution in [2.24, 2.45) is 0 Å². The SMILES string of the molecule is CC/C=C/C=C/C=C\C=C/CCCCCC(=O)OC(CCCCCCC/C=C\CCCCCC)CC(=O)NC(CO)C(O)CCCCCCCCCCCCCCCCCCC. The second-order valence-electron chi connectivity index (χ2n) is 18.0. The maximum Gasteiger partial charge on any atom is 0.306 e. The summed E-state index contributed by atoms with van der Waals surface area (Å²) in [5.41, 5.74) is 0. The second kappa shape index (κ2) is 49.6. The molecule has 62 heavy (non-hydrogen) atoms. The summed E-state index contributed by atoms with van der Waals surface area (Å²) < 4.78 is 5.91. The molecule has 3 atom stereocenters. The van der Waals surface area contributed by atoms with Crippen LogP contribution in [0.2, 0.25) is 0 Å². The molecule has 0 saturated heterocycles. The Hall–Kier alpha value is -2.44. The smallest absolute Gasteiger partial charge is 0.306 e. The monoisotopic (exact) mass is 868 g/mol. The number of aliphatic hydroxyl groups excluding tert-OH is 2. The van der Waals surface area contributed by atoms with Gasteiger partial charge in [0, 0.05) is 6.42 Å². The van der Waals surface area contributed by atoms with Crippen molar-refractivity contribution >= 4 is 11.9 Å². The first-order chi connectivity index (χ1) is 30.5. The van der Waals surface area contributed by atoms with Crippen molar-refractivity contribution in [3.8, 4) is 0 Å². The number of hydrogen-bond acceptors (Lipinski definition) is 5. The average molecular weight is 868 g/mol. The molecule has 6 heteroatoms. The zero-order valence-corrected chi connectivity index (χ0v) is 41.0. The van der Waals surface area contributed by atoms with Gasteiger partial charge < -0.3 is 20.3 Å². The molecule has 0 aliphatic carbocycles. The predicted octanol–water partition coefficient (Wildman–Crippen LogP) is 16.0. The van der Waals surface area contributed by atoms with Crippen molar-refractivity contribution in [2.75, 3.05) is 6.61 Å². The topological polar surface area (TPSA) is 95.9 Å². The number of aliphatic hydroxyl groups is 2. The summed E-state index contributed by atoms with van der Waals surface area (Å²) in [6.45, 7) is 6.33. The molecule has 1 amide bonds. The Balaban J connectivity index is 4.57. The molecule has 0 rings (SSSR count). The Morgan fingerprint density at radius 1 is 0.484 bits per heavy atom. The Labute approximate surface area is 384 Å². The van der Waals surface area contributed by atoms with E-state index in [1.807, 2.05) is 24.3 Å². The fraction of sp³-hybridized carbons (Fsp3) is 0.786. The summed E-state index contributed by atoms with van der Waals surface area (Å²) >= 11 is 0. The molecule has 0 fully saturated rings. The van der Waals surface area contributed by atoms with Crippen LogP contribution in [0, 0.1) is 0 Å². The standard InChI is InChI=1S/C56H101NO5/c1-4-7-10-13-16-19-22-25-26-27-28-31-33-36-39-42-45-48-54(59)53(51-58)57-55(60)50-52(47-44-41-38-35-32-29-23-20-17-14-11-8-5-2)62-56(61)49-46-43-40-37-34-30-24-21-18-15-12-9-6-3/h9,12,15,18,20-21,23-24,30,34,52-54,58-59H,4-8,10-11,13-14,16-17,19,22,25-29,31-33,35-51H2,1-3H3,(H,57,60)/b12-9+,18-15+,23-20-,24-21-,34-30-. The van der Waals surface area contributed by atoms with Crippen LogP contribution >= 0.6 is 0 Å². The first kappa shape index (κ1) is 59.6. The van der Waals surface area contributed by atoms with Crippen LogP contribution in [0.1, 0.15) is 258 Å². The summed E-state index contributed by atoms with van der Waals surface area (Å²) in [5.74, 6) is -0.525. The van der Waals surface area contributed by atoms with Gasteiger partial charge in [0.1, 0.15) is 6.10 Å². The number of unbranched alkanes of at least 4 members (excludes halogenated alkanes) is 28. The minimum Gasteiger partial charge on any atom is -0.462 e. The van der Waals surface area contributed by atoms with Crippen molar-refractivity contribution in [1.82, 2.24) is 5.32 Å². The Kier molecular flexibility index (Phi) is 47.6. The third-order valence-electron chi connectivity index (χ3n) is 11.9. The predicted molar refractivity (Wildman–Crippen MR) is 268 cm³/mol. The maximum absolute atomic E-state index is 13.2. The lowest BCUT2D eigenvalue weighted by atomic mass is 10.0. The van der Waals surface area contributed by atoms with Crippen LogP contribution in [-0.4, -0.2) is 46.9 Å². The number of nitrogens with one attached hydrogen (secondary N) is 1. The van der Waals surface area contributed by atoms with Gasteiger partial charge >= 0.3 is 5.97 Å². The maximum atomic E-state index is 13.2. The molecule has 0 spiro atoms. The van der Waals surface area contributed by atoms with E-state index in [1.165, 1.54) is 135 Å². The van der Waals surface area contributed by atoms with Gasteiger partial charge in [0.25, 0.3) is 0 Å². The molecule has 0 bridgehead atoms. The Bertz CT molecular complexity index is 1110. The number of rotatable bonds is 47. The summed E-state index contributed by atoms with van der Waals surface area (Å²) in [7, 11) is 0. The molecule has 360 valence electrons. The zero-order chi connectivity index (χ0) is 45.2. The molecule has 6 nitrogen and oxygen atoms in total. The van der Waals surface area contributed by atoms with Crippen molar-refractivity contribution in [3.05, 3.63) is 60.8 Å². The van der Waals surface area contributed by atoms with Crippen molar-refractivity contribution in [3.63, 3.8) is 0 Å². The normalized spacial score (nSPS) is 13.7. The van der Waals surface area contributed by atoms with E-state index in [0.29, 0.717) is 19.3 Å². The second-order valence-corrected chi connectivity index (χ2v) is 18.0. The highest BCUT2D eigenvalue weighted by molar-refractivity contribution is 5.77. The van der Waals surface area contributed by atoms with Crippen LogP contribution in [0.5, 0.6) is 0 Å². The largest absolute Gasteiger partial charge is 0.462 e. The van der Waals surface area contributed by atoms with Gasteiger partial charge in [0.2, 0.25) is 5.91 Å². The Morgan fingerprint density at radius 2 is 0.887 bits per heavy atom. The van der Waals surface area contributed by atoms with Gasteiger partial charge in [-0.3, -0.25) is 9.59 Å². The van der Waals surface area contributed by atoms with E-state index in [-0.39, 0.29) is 24.9 Å². The van der Waals surface area contributed by atoms with Gasteiger partial charge in [-0.05, 0) is 70.6 Å². The molecule has 0 aromatic carbocycles. The lowest BCUT2D eigenvalue weighted by Gasteiger charge is -2.24. The minimum absolute atomic E-state index is 0.0551. The van der Waals surface area contributed by atoms with E-state index in [9.17, 15) is 19.8 Å². The molecule has 0 aliphatic rings. The number of esters is 1. The number of amides is 1. The molecule has 0 saturated carbocycles. The lowest BCUT2D eigenvalue weighted by molar-refractivity contribution is -0.151. The summed E-state index contributed by atoms with van der Waals surface area (Å²) in [4.78, 5) is 26.1. The van der Waals surface area contributed by atoms with Crippen LogP contribution in [0.15, 0.2) is 60.8 Å². The highest BCUT2D eigenvalue weighted by atomic mass is 16.5. The fourth-order valence-corrected chi connectivity index (χ4v) is 7.91. The number of ether oxygens (including phenoxy) is 1. The van der Waals surface area contributed by atoms with Crippen molar-refractivity contribution in [2.45, 2.75) is 277 Å². The molecule has 3 unspecified atom stereocenters. The first-order valence-corrected chi connectivity index (χ1v) is 26.6. The van der Waals surface area contributed by atoms with Gasteiger partial charge in [-0.1, -0.05) is 236 Å². The minimum atomic E-state index is -0.798. The number of hydrogen-bond donors (Lipinski definition) is 3. The van der Waals surface area contributed by atoms with E-state index < -0.39 is 18.2 Å². The summed E-state index contributed by atoms with van der Waals surface area (Å²) in [6.07, 6.45) is 61.4. The molecular weight excluding hydrogens is 767 g/mol. The molecular formula is C56H101NO5.